The molecule has 0 amide bonds. The number of pyridine rings is 1. The first-order valence-corrected chi connectivity index (χ1v) is 7.80. The smallest absolute Gasteiger partial charge is 0.339 e. The van der Waals surface area contributed by atoms with Crippen LogP contribution in [0.1, 0.15) is 28.6 Å². The predicted molar refractivity (Wildman–Crippen MR) is 85.9 cm³/mol. The highest BCUT2D eigenvalue weighted by atomic mass is 35.5. The molecule has 10 heteroatoms. The Hall–Kier alpha value is -2.00. The molecule has 1 fully saturated rings. The van der Waals surface area contributed by atoms with Gasteiger partial charge in [-0.25, -0.2) is 9.97 Å². The number of nitrogens with zero attached hydrogens (tertiary/aromatic N) is 4. The quantitative estimate of drug-likeness (QED) is 0.461. The highest BCUT2D eigenvalue weighted by molar-refractivity contribution is 6.64. The summed E-state index contributed by atoms with van der Waals surface area (Å²) in [6.45, 7) is 1.48. The van der Waals surface area contributed by atoms with Crippen LogP contribution in [0.3, 0.4) is 0 Å². The standard InChI is InChI=1S/C15H12BClF3N4O/c17-14-11(15(18,19)20)5-22-13(23-14)3-9-1-2-12(21-4-9)10-6-24(7-10)16-8-25/h1-2,4-5,8,10H,3,6-7H2. The molecule has 0 spiro atoms. The number of hydrogen-bond acceptors (Lipinski definition) is 5. The Morgan fingerprint density at radius 2 is 2.04 bits per heavy atom. The van der Waals surface area contributed by atoms with E-state index < -0.39 is 16.9 Å². The topological polar surface area (TPSA) is 59.0 Å². The molecule has 25 heavy (non-hydrogen) atoms. The first-order valence-electron chi connectivity index (χ1n) is 7.43. The summed E-state index contributed by atoms with van der Waals surface area (Å²) < 4.78 is 37.9. The van der Waals surface area contributed by atoms with Crippen molar-refractivity contribution in [2.24, 2.45) is 0 Å². The van der Waals surface area contributed by atoms with E-state index in [1.165, 1.54) is 7.41 Å². The van der Waals surface area contributed by atoms with Gasteiger partial charge in [-0.1, -0.05) is 17.7 Å². The van der Waals surface area contributed by atoms with Crippen molar-refractivity contribution in [3.05, 3.63) is 52.3 Å². The summed E-state index contributed by atoms with van der Waals surface area (Å²) in [5, 5.41) is -0.608. The van der Waals surface area contributed by atoms with Gasteiger partial charge in [0.1, 0.15) is 16.5 Å². The lowest BCUT2D eigenvalue weighted by molar-refractivity contribution is -0.138. The monoisotopic (exact) mass is 367 g/mol. The van der Waals surface area contributed by atoms with Crippen molar-refractivity contribution in [1.82, 2.24) is 19.8 Å². The van der Waals surface area contributed by atoms with E-state index in [-0.39, 0.29) is 18.2 Å². The first kappa shape index (κ1) is 17.8. The zero-order valence-corrected chi connectivity index (χ0v) is 13.6. The van der Waals surface area contributed by atoms with E-state index in [0.717, 1.165) is 30.5 Å². The molecule has 129 valence electrons. The van der Waals surface area contributed by atoms with Gasteiger partial charge in [0.15, 0.2) is 0 Å². The van der Waals surface area contributed by atoms with Crippen molar-refractivity contribution >= 4 is 25.2 Å². The van der Waals surface area contributed by atoms with Gasteiger partial charge in [0.2, 0.25) is 0 Å². The van der Waals surface area contributed by atoms with Crippen molar-refractivity contribution < 1.29 is 18.0 Å². The number of rotatable bonds is 5. The maximum atomic E-state index is 12.6. The third-order valence-corrected chi connectivity index (χ3v) is 4.20. The van der Waals surface area contributed by atoms with Crippen LogP contribution in [-0.2, 0) is 17.4 Å². The molecule has 0 aromatic carbocycles. The van der Waals surface area contributed by atoms with Crippen molar-refractivity contribution in [2.45, 2.75) is 18.5 Å². The van der Waals surface area contributed by atoms with E-state index in [0.29, 0.717) is 6.20 Å². The van der Waals surface area contributed by atoms with Crippen LogP contribution in [-0.4, -0.2) is 46.5 Å². The summed E-state index contributed by atoms with van der Waals surface area (Å²) >= 11 is 5.59. The fourth-order valence-corrected chi connectivity index (χ4v) is 2.80. The van der Waals surface area contributed by atoms with Crippen LogP contribution in [0.5, 0.6) is 0 Å². The van der Waals surface area contributed by atoms with Crippen LogP contribution in [0, 0.1) is 0 Å². The normalized spacial score (nSPS) is 15.7. The summed E-state index contributed by atoms with van der Waals surface area (Å²) in [4.78, 5) is 24.1. The molecule has 0 atom stereocenters. The van der Waals surface area contributed by atoms with Gasteiger partial charge in [0.05, 0.1) is 6.19 Å². The van der Waals surface area contributed by atoms with Crippen molar-refractivity contribution in [3.63, 3.8) is 0 Å². The zero-order valence-electron chi connectivity index (χ0n) is 12.9. The van der Waals surface area contributed by atoms with Gasteiger partial charge in [-0.05, 0) is 24.7 Å². The molecule has 3 rings (SSSR count). The molecule has 1 aliphatic rings. The molecular weight excluding hydrogens is 355 g/mol. The summed E-state index contributed by atoms with van der Waals surface area (Å²) in [6, 6.07) is 3.70. The van der Waals surface area contributed by atoms with Crippen molar-refractivity contribution in [1.29, 1.82) is 0 Å². The molecule has 0 bridgehead atoms. The minimum Gasteiger partial charge on any atom is -0.339 e. The maximum Gasteiger partial charge on any atom is 0.420 e. The maximum absolute atomic E-state index is 12.6. The number of alkyl halides is 3. The lowest BCUT2D eigenvalue weighted by atomic mass is 9.83. The molecule has 0 N–H and O–H groups in total. The Morgan fingerprint density at radius 3 is 2.60 bits per heavy atom. The summed E-state index contributed by atoms with van der Waals surface area (Å²) in [5.41, 5.74) is 0.633. The molecule has 2 aromatic rings. The third kappa shape index (κ3) is 4.16. The lowest BCUT2D eigenvalue weighted by Gasteiger charge is -2.37. The highest BCUT2D eigenvalue weighted by Gasteiger charge is 2.34. The van der Waals surface area contributed by atoms with E-state index in [2.05, 4.69) is 15.0 Å². The number of aromatic nitrogens is 3. The van der Waals surface area contributed by atoms with Crippen LogP contribution in [0.15, 0.2) is 24.5 Å². The lowest BCUT2D eigenvalue weighted by Crippen LogP contribution is -2.47. The zero-order chi connectivity index (χ0) is 18.0. The van der Waals surface area contributed by atoms with Crippen LogP contribution in [0.2, 0.25) is 5.15 Å². The molecule has 1 saturated heterocycles. The second-order valence-corrected chi connectivity index (χ2v) is 6.05. The van der Waals surface area contributed by atoms with Gasteiger partial charge in [0, 0.05) is 30.4 Å². The molecule has 0 saturated carbocycles. The molecule has 1 radical (unpaired) electrons. The van der Waals surface area contributed by atoms with Gasteiger partial charge in [-0.2, -0.15) is 13.2 Å². The molecule has 3 heterocycles. The number of carbonyl (C=O) groups excluding carboxylic acids is 1. The van der Waals surface area contributed by atoms with Crippen LogP contribution in [0.4, 0.5) is 13.2 Å². The Kier molecular flexibility index (Phi) is 5.05. The Bertz CT molecular complexity index is 766. The second kappa shape index (κ2) is 7.09. The van der Waals surface area contributed by atoms with Crippen LogP contribution < -0.4 is 0 Å². The second-order valence-electron chi connectivity index (χ2n) is 5.69. The molecule has 0 unspecified atom stereocenters. The van der Waals surface area contributed by atoms with Crippen molar-refractivity contribution in [2.75, 3.05) is 13.1 Å². The number of carbonyl (C=O) groups is 1. The largest absolute Gasteiger partial charge is 0.420 e. The molecular formula is C15H12BClF3N4O. The van der Waals surface area contributed by atoms with E-state index >= 15 is 0 Å². The summed E-state index contributed by atoms with van der Waals surface area (Å²) in [5.74, 6) is 0.463. The van der Waals surface area contributed by atoms with Gasteiger partial charge >= 0.3 is 6.18 Å². The van der Waals surface area contributed by atoms with E-state index in [4.69, 9.17) is 11.6 Å². The van der Waals surface area contributed by atoms with Gasteiger partial charge < -0.3 is 9.61 Å². The van der Waals surface area contributed by atoms with E-state index in [1.807, 2.05) is 16.9 Å². The molecule has 5 nitrogen and oxygen atoms in total. The van der Waals surface area contributed by atoms with E-state index in [9.17, 15) is 18.0 Å². The van der Waals surface area contributed by atoms with Crippen molar-refractivity contribution in [3.8, 4) is 0 Å². The first-order chi connectivity index (χ1) is 11.9. The van der Waals surface area contributed by atoms with Gasteiger partial charge in [-0.3, -0.25) is 4.98 Å². The average molecular weight is 368 g/mol. The fourth-order valence-electron chi connectivity index (χ4n) is 2.54. The molecule has 0 aliphatic carbocycles. The average Bonchev–Trinajstić information content (AvgIpc) is 2.50. The van der Waals surface area contributed by atoms with Crippen LogP contribution in [0.25, 0.3) is 0 Å². The molecule has 1 aliphatic heterocycles. The van der Waals surface area contributed by atoms with Gasteiger partial charge in [0.25, 0.3) is 7.41 Å². The Labute approximate surface area is 147 Å². The summed E-state index contributed by atoms with van der Waals surface area (Å²) in [6.07, 6.45) is -1.24. The highest BCUT2D eigenvalue weighted by Crippen LogP contribution is 2.33. The predicted octanol–water partition coefficient (Wildman–Crippen LogP) is 2.34. The SMILES string of the molecule is O=C[B]N1CC(c2ccc(Cc3ncc(C(F)(F)F)c(Cl)n3)cn2)C1. The van der Waals surface area contributed by atoms with E-state index in [1.54, 1.807) is 6.20 Å². The fraction of sp³-hybridized carbons (Fsp3) is 0.333. The Morgan fingerprint density at radius 1 is 1.28 bits per heavy atom. The number of halogens is 4. The van der Waals surface area contributed by atoms with Gasteiger partial charge in [-0.15, -0.1) is 0 Å². The van der Waals surface area contributed by atoms with Crippen LogP contribution >= 0.6 is 11.6 Å². The Balaban J connectivity index is 1.64. The third-order valence-electron chi connectivity index (χ3n) is 3.91. The molecule has 2 aromatic heterocycles. The summed E-state index contributed by atoms with van der Waals surface area (Å²) in [7, 11) is 1.50. The number of hydrogen-bond donors (Lipinski definition) is 0. The minimum absolute atomic E-state index is 0.197. The minimum atomic E-state index is -4.57.